The number of anilines is 1. The van der Waals surface area contributed by atoms with Gasteiger partial charge in [0.05, 0.1) is 16.3 Å². The summed E-state index contributed by atoms with van der Waals surface area (Å²) in [6.45, 7) is 3.20. The summed E-state index contributed by atoms with van der Waals surface area (Å²) >= 11 is 3.10. The van der Waals surface area contributed by atoms with Gasteiger partial charge in [-0.15, -0.1) is 0 Å². The summed E-state index contributed by atoms with van der Waals surface area (Å²) in [6.07, 6.45) is -0.208. The minimum Gasteiger partial charge on any atom is -0.479 e. The lowest BCUT2D eigenvalue weighted by Crippen LogP contribution is -2.19. The van der Waals surface area contributed by atoms with Crippen molar-refractivity contribution in [2.24, 2.45) is 0 Å². The van der Waals surface area contributed by atoms with E-state index in [1.54, 1.807) is 13.8 Å². The van der Waals surface area contributed by atoms with Crippen LogP contribution in [0.4, 0.5) is 10.1 Å². The molecule has 0 atom stereocenters. The molecule has 6 heteroatoms. The fourth-order valence-electron chi connectivity index (χ4n) is 1.16. The van der Waals surface area contributed by atoms with Gasteiger partial charge in [-0.25, -0.2) is 9.18 Å². The number of hydrogen-bond acceptors (Lipinski definition) is 4. The van der Waals surface area contributed by atoms with E-state index in [1.807, 2.05) is 0 Å². The molecule has 0 unspecified atom stereocenters. The Kier molecular flexibility index (Phi) is 4.74. The van der Waals surface area contributed by atoms with Crippen molar-refractivity contribution in [2.75, 3.05) is 12.3 Å². The van der Waals surface area contributed by atoms with Crippen LogP contribution in [0.5, 0.6) is 5.75 Å². The summed E-state index contributed by atoms with van der Waals surface area (Å²) < 4.78 is 23.3. The highest BCUT2D eigenvalue weighted by atomic mass is 79.9. The number of carbonyl (C=O) groups is 1. The number of benzene rings is 1. The number of esters is 1. The van der Waals surface area contributed by atoms with Crippen LogP contribution in [0, 0.1) is 5.82 Å². The predicted octanol–water partition coefficient (Wildman–Crippen LogP) is 2.50. The molecule has 94 valence electrons. The fraction of sp³-hybridized carbons (Fsp3) is 0.364. The molecule has 2 N–H and O–H groups in total. The predicted molar refractivity (Wildman–Crippen MR) is 65.2 cm³/mol. The molecule has 0 saturated carbocycles. The molecule has 0 aliphatic rings. The molecule has 0 radical (unpaired) electrons. The van der Waals surface area contributed by atoms with Crippen molar-refractivity contribution in [2.45, 2.75) is 20.0 Å². The lowest BCUT2D eigenvalue weighted by Gasteiger charge is -2.12. The molecular weight excluding hydrogens is 293 g/mol. The third-order valence-electron chi connectivity index (χ3n) is 1.74. The van der Waals surface area contributed by atoms with Gasteiger partial charge in [0.1, 0.15) is 5.82 Å². The first kappa shape index (κ1) is 13.8. The van der Waals surface area contributed by atoms with Crippen molar-refractivity contribution in [3.8, 4) is 5.75 Å². The first-order valence-corrected chi connectivity index (χ1v) is 5.76. The number of carbonyl (C=O) groups excluding carboxylic acids is 1. The van der Waals surface area contributed by atoms with Crippen LogP contribution in [0.25, 0.3) is 0 Å². The maximum atomic E-state index is 12.9. The van der Waals surface area contributed by atoms with Gasteiger partial charge in [-0.3, -0.25) is 0 Å². The van der Waals surface area contributed by atoms with Crippen molar-refractivity contribution < 1.29 is 18.7 Å². The average Bonchev–Trinajstić information content (AvgIpc) is 2.14. The Bertz CT molecular complexity index is 400. The van der Waals surface area contributed by atoms with Gasteiger partial charge in [0, 0.05) is 6.07 Å². The van der Waals surface area contributed by atoms with Crippen LogP contribution < -0.4 is 10.5 Å². The van der Waals surface area contributed by atoms with Crippen LogP contribution in [0.1, 0.15) is 13.8 Å². The highest BCUT2D eigenvalue weighted by Crippen LogP contribution is 2.32. The SMILES string of the molecule is CC(C)OC(=O)COc1c(N)cc(F)cc1Br. The van der Waals surface area contributed by atoms with Crippen LogP contribution >= 0.6 is 15.9 Å². The minimum atomic E-state index is -0.504. The monoisotopic (exact) mass is 305 g/mol. The average molecular weight is 306 g/mol. The van der Waals surface area contributed by atoms with E-state index in [2.05, 4.69) is 15.9 Å². The molecule has 0 aromatic heterocycles. The van der Waals surface area contributed by atoms with E-state index in [4.69, 9.17) is 15.2 Å². The molecule has 4 nitrogen and oxygen atoms in total. The zero-order valence-electron chi connectivity index (χ0n) is 9.50. The van der Waals surface area contributed by atoms with Gasteiger partial charge in [0.25, 0.3) is 0 Å². The second-order valence-corrected chi connectivity index (χ2v) is 4.49. The summed E-state index contributed by atoms with van der Waals surface area (Å²) in [4.78, 5) is 11.2. The van der Waals surface area contributed by atoms with Crippen LogP contribution in [-0.4, -0.2) is 18.7 Å². The Labute approximate surface area is 107 Å². The van der Waals surface area contributed by atoms with Crippen molar-refractivity contribution in [3.05, 3.63) is 22.4 Å². The molecule has 0 amide bonds. The normalized spacial score (nSPS) is 10.4. The number of rotatable bonds is 4. The zero-order chi connectivity index (χ0) is 13.0. The maximum absolute atomic E-state index is 12.9. The first-order chi connectivity index (χ1) is 7.90. The molecule has 17 heavy (non-hydrogen) atoms. The third-order valence-corrected chi connectivity index (χ3v) is 2.33. The standard InChI is InChI=1S/C11H13BrFNO3/c1-6(2)17-10(15)5-16-11-8(12)3-7(13)4-9(11)14/h3-4,6H,5,14H2,1-2H3. The Balaban J connectivity index is 2.67. The van der Waals surface area contributed by atoms with Crippen molar-refractivity contribution in [1.82, 2.24) is 0 Å². The van der Waals surface area contributed by atoms with E-state index in [-0.39, 0.29) is 24.1 Å². The van der Waals surface area contributed by atoms with Crippen LogP contribution in [0.2, 0.25) is 0 Å². The topological polar surface area (TPSA) is 61.5 Å². The summed E-state index contributed by atoms with van der Waals surface area (Å²) in [5.74, 6) is -0.755. The minimum absolute atomic E-state index is 0.120. The van der Waals surface area contributed by atoms with Gasteiger partial charge in [0.15, 0.2) is 12.4 Å². The summed E-state index contributed by atoms with van der Waals surface area (Å²) in [7, 11) is 0. The summed E-state index contributed by atoms with van der Waals surface area (Å²) in [5, 5.41) is 0. The molecular formula is C11H13BrFNO3. The molecule has 1 aromatic rings. The first-order valence-electron chi connectivity index (χ1n) is 4.97. The molecule has 0 aliphatic carbocycles. The Hall–Kier alpha value is -1.30. The Morgan fingerprint density at radius 2 is 2.18 bits per heavy atom. The largest absolute Gasteiger partial charge is 0.479 e. The summed E-state index contributed by atoms with van der Waals surface area (Å²) in [6, 6.07) is 2.33. The van der Waals surface area contributed by atoms with E-state index >= 15 is 0 Å². The van der Waals surface area contributed by atoms with Gasteiger partial charge in [-0.1, -0.05) is 0 Å². The van der Waals surface area contributed by atoms with Gasteiger partial charge >= 0.3 is 5.97 Å². The van der Waals surface area contributed by atoms with Gasteiger partial charge in [-0.05, 0) is 35.8 Å². The van der Waals surface area contributed by atoms with Gasteiger partial charge in [0.2, 0.25) is 0 Å². The number of nitrogen functional groups attached to an aromatic ring is 1. The molecule has 1 aromatic carbocycles. The van der Waals surface area contributed by atoms with Crippen molar-refractivity contribution >= 4 is 27.6 Å². The van der Waals surface area contributed by atoms with E-state index in [0.717, 1.165) is 6.07 Å². The highest BCUT2D eigenvalue weighted by molar-refractivity contribution is 9.10. The van der Waals surface area contributed by atoms with Gasteiger partial charge < -0.3 is 15.2 Å². The molecule has 0 spiro atoms. The molecule has 0 aliphatic heterocycles. The molecule has 0 saturated heterocycles. The lowest BCUT2D eigenvalue weighted by atomic mass is 10.3. The Morgan fingerprint density at radius 3 is 2.71 bits per heavy atom. The van der Waals surface area contributed by atoms with Crippen LogP contribution in [0.15, 0.2) is 16.6 Å². The quantitative estimate of drug-likeness (QED) is 0.686. The second-order valence-electron chi connectivity index (χ2n) is 3.63. The lowest BCUT2D eigenvalue weighted by molar-refractivity contribution is -0.149. The maximum Gasteiger partial charge on any atom is 0.344 e. The molecule has 1 rings (SSSR count). The number of hydrogen-bond donors (Lipinski definition) is 1. The van der Waals surface area contributed by atoms with E-state index in [9.17, 15) is 9.18 Å². The van der Waals surface area contributed by atoms with E-state index in [0.29, 0.717) is 4.47 Å². The smallest absolute Gasteiger partial charge is 0.344 e. The zero-order valence-corrected chi connectivity index (χ0v) is 11.1. The molecule has 0 fully saturated rings. The number of nitrogens with two attached hydrogens (primary N) is 1. The Morgan fingerprint density at radius 1 is 1.53 bits per heavy atom. The molecule has 0 bridgehead atoms. The highest BCUT2D eigenvalue weighted by Gasteiger charge is 2.12. The number of halogens is 2. The molecule has 0 heterocycles. The van der Waals surface area contributed by atoms with E-state index in [1.165, 1.54) is 6.07 Å². The van der Waals surface area contributed by atoms with Crippen molar-refractivity contribution in [1.29, 1.82) is 0 Å². The number of ether oxygens (including phenoxy) is 2. The van der Waals surface area contributed by atoms with Gasteiger partial charge in [-0.2, -0.15) is 0 Å². The van der Waals surface area contributed by atoms with Crippen LogP contribution in [-0.2, 0) is 9.53 Å². The third kappa shape index (κ3) is 4.22. The van der Waals surface area contributed by atoms with E-state index < -0.39 is 11.8 Å². The van der Waals surface area contributed by atoms with Crippen molar-refractivity contribution in [3.63, 3.8) is 0 Å². The fourth-order valence-corrected chi connectivity index (χ4v) is 1.72. The van der Waals surface area contributed by atoms with Crippen LogP contribution in [0.3, 0.4) is 0 Å². The summed E-state index contributed by atoms with van der Waals surface area (Å²) in [5.41, 5.74) is 5.68. The second kappa shape index (κ2) is 5.86.